The smallest absolute Gasteiger partial charge is 0.174 e. The highest BCUT2D eigenvalue weighted by atomic mass is 32.2. The normalized spacial score (nSPS) is 14.2. The number of nitrogens with zero attached hydrogens (tertiary/aromatic N) is 1. The third kappa shape index (κ3) is 3.06. The van der Waals surface area contributed by atoms with Crippen LogP contribution in [-0.4, -0.2) is 16.1 Å². The fraction of sp³-hybridized carbons (Fsp3) is 0.476. The Morgan fingerprint density at radius 3 is 2.17 bits per heavy atom. The predicted octanol–water partition coefficient (Wildman–Crippen LogP) is 5.65. The molecule has 1 aromatic heterocycles. The van der Waals surface area contributed by atoms with Crippen molar-refractivity contribution < 1.29 is 4.79 Å². The van der Waals surface area contributed by atoms with Crippen LogP contribution in [0.1, 0.15) is 62.9 Å². The Hall–Kier alpha value is -1.48. The van der Waals surface area contributed by atoms with Crippen molar-refractivity contribution in [2.24, 2.45) is 0 Å². The second-order valence-electron chi connectivity index (χ2n) is 7.19. The van der Waals surface area contributed by atoms with Crippen LogP contribution in [0.4, 0.5) is 0 Å². The van der Waals surface area contributed by atoms with E-state index in [1.807, 2.05) is 0 Å². The number of thioether (sulfide) groups is 1. The van der Waals surface area contributed by atoms with Gasteiger partial charge < -0.3 is 4.57 Å². The zero-order valence-corrected chi connectivity index (χ0v) is 16.4. The van der Waals surface area contributed by atoms with Crippen molar-refractivity contribution in [1.82, 2.24) is 4.57 Å². The van der Waals surface area contributed by atoms with Crippen LogP contribution in [-0.2, 0) is 0 Å². The van der Waals surface area contributed by atoms with E-state index >= 15 is 0 Å². The molecule has 128 valence electrons. The quantitative estimate of drug-likeness (QED) is 0.518. The lowest BCUT2D eigenvalue weighted by Crippen LogP contribution is -2.06. The summed E-state index contributed by atoms with van der Waals surface area (Å²) >= 11 is 1.69. The first-order valence-corrected chi connectivity index (χ1v) is 9.71. The van der Waals surface area contributed by atoms with Crippen LogP contribution in [0.5, 0.6) is 0 Å². The molecule has 2 nitrogen and oxygen atoms in total. The van der Waals surface area contributed by atoms with Crippen molar-refractivity contribution in [2.45, 2.75) is 65.3 Å². The number of hydrogen-bond donors (Lipinski definition) is 0. The molecule has 1 aliphatic rings. The highest BCUT2D eigenvalue weighted by molar-refractivity contribution is 8.00. The standard InChI is InChI=1S/C21H27NOS/c1-12-9-13(2)16(5)21(15(12)4)24-11-20(23)19-10-14(3)22(17(19)6)18-7-8-18/h9-10,18H,7-8,11H2,1-6H3. The molecule has 0 spiro atoms. The van der Waals surface area contributed by atoms with Gasteiger partial charge in [-0.05, 0) is 82.7 Å². The molecule has 0 atom stereocenters. The molecule has 0 aliphatic heterocycles. The summed E-state index contributed by atoms with van der Waals surface area (Å²) in [6.07, 6.45) is 2.50. The average molecular weight is 342 g/mol. The second kappa shape index (κ2) is 6.44. The van der Waals surface area contributed by atoms with Gasteiger partial charge in [-0.2, -0.15) is 0 Å². The van der Waals surface area contributed by atoms with Gasteiger partial charge in [0.25, 0.3) is 0 Å². The second-order valence-corrected chi connectivity index (χ2v) is 8.17. The van der Waals surface area contributed by atoms with Gasteiger partial charge in [-0.1, -0.05) is 6.07 Å². The average Bonchev–Trinajstić information content (AvgIpc) is 3.30. The van der Waals surface area contributed by atoms with Crippen LogP contribution < -0.4 is 0 Å². The fourth-order valence-corrected chi connectivity index (χ4v) is 4.75. The van der Waals surface area contributed by atoms with E-state index in [9.17, 15) is 4.79 Å². The Kier molecular flexibility index (Phi) is 4.65. The number of carbonyl (C=O) groups is 1. The zero-order valence-electron chi connectivity index (χ0n) is 15.6. The van der Waals surface area contributed by atoms with Gasteiger partial charge >= 0.3 is 0 Å². The van der Waals surface area contributed by atoms with E-state index < -0.39 is 0 Å². The largest absolute Gasteiger partial charge is 0.345 e. The molecule has 1 fully saturated rings. The summed E-state index contributed by atoms with van der Waals surface area (Å²) < 4.78 is 2.35. The number of carbonyl (C=O) groups excluding carboxylic acids is 1. The summed E-state index contributed by atoms with van der Waals surface area (Å²) in [6, 6.07) is 4.94. The third-order valence-corrected chi connectivity index (χ3v) is 6.65. The number of hydrogen-bond acceptors (Lipinski definition) is 2. The van der Waals surface area contributed by atoms with E-state index in [2.05, 4.69) is 58.2 Å². The van der Waals surface area contributed by atoms with Crippen molar-refractivity contribution in [3.05, 3.63) is 51.3 Å². The molecule has 2 aromatic rings. The van der Waals surface area contributed by atoms with Gasteiger partial charge in [0, 0.05) is 27.9 Å². The number of Topliss-reactive ketones (excluding diaryl/α,β-unsaturated/α-hetero) is 1. The van der Waals surface area contributed by atoms with Crippen molar-refractivity contribution in [1.29, 1.82) is 0 Å². The predicted molar refractivity (Wildman–Crippen MR) is 103 cm³/mol. The minimum atomic E-state index is 0.248. The van der Waals surface area contributed by atoms with Gasteiger partial charge in [0.1, 0.15) is 0 Å². The number of aromatic nitrogens is 1. The maximum absolute atomic E-state index is 12.8. The minimum Gasteiger partial charge on any atom is -0.345 e. The Bertz CT molecular complexity index is 786. The molecule has 0 saturated heterocycles. The summed E-state index contributed by atoms with van der Waals surface area (Å²) in [5.41, 5.74) is 8.50. The first-order valence-electron chi connectivity index (χ1n) is 8.73. The van der Waals surface area contributed by atoms with Gasteiger partial charge in [-0.15, -0.1) is 11.8 Å². The molecule has 0 bridgehead atoms. The zero-order chi connectivity index (χ0) is 17.6. The molecule has 0 unspecified atom stereocenters. The van der Waals surface area contributed by atoms with Crippen LogP contribution in [0.15, 0.2) is 17.0 Å². The summed E-state index contributed by atoms with van der Waals surface area (Å²) in [7, 11) is 0. The van der Waals surface area contributed by atoms with E-state index in [0.29, 0.717) is 11.8 Å². The van der Waals surface area contributed by atoms with E-state index in [1.165, 1.54) is 45.7 Å². The fourth-order valence-electron chi connectivity index (χ4n) is 3.57. The molecule has 0 amide bonds. The van der Waals surface area contributed by atoms with Crippen molar-refractivity contribution in [2.75, 3.05) is 5.75 Å². The lowest BCUT2D eigenvalue weighted by atomic mass is 10.0. The molecule has 1 saturated carbocycles. The van der Waals surface area contributed by atoms with Crippen LogP contribution in [0.2, 0.25) is 0 Å². The highest BCUT2D eigenvalue weighted by Crippen LogP contribution is 2.39. The number of ketones is 1. The molecule has 1 aromatic carbocycles. The molecular formula is C21H27NOS. The van der Waals surface area contributed by atoms with E-state index in [4.69, 9.17) is 0 Å². The summed E-state index contributed by atoms with van der Waals surface area (Å²) in [5, 5.41) is 0. The van der Waals surface area contributed by atoms with Crippen molar-refractivity contribution >= 4 is 17.5 Å². The van der Waals surface area contributed by atoms with E-state index in [-0.39, 0.29) is 5.78 Å². The number of aryl methyl sites for hydroxylation is 3. The van der Waals surface area contributed by atoms with E-state index in [0.717, 1.165) is 11.3 Å². The van der Waals surface area contributed by atoms with Gasteiger partial charge in [0.15, 0.2) is 5.78 Å². The molecule has 1 heterocycles. The van der Waals surface area contributed by atoms with Crippen LogP contribution in [0, 0.1) is 41.5 Å². The van der Waals surface area contributed by atoms with Gasteiger partial charge in [-0.3, -0.25) is 4.79 Å². The van der Waals surface area contributed by atoms with Gasteiger partial charge in [-0.25, -0.2) is 0 Å². The van der Waals surface area contributed by atoms with Crippen molar-refractivity contribution in [3.63, 3.8) is 0 Å². The van der Waals surface area contributed by atoms with Crippen LogP contribution in [0.3, 0.4) is 0 Å². The Morgan fingerprint density at radius 2 is 1.62 bits per heavy atom. The first kappa shape index (κ1) is 17.3. The molecular weight excluding hydrogens is 314 g/mol. The molecule has 3 rings (SSSR count). The molecule has 1 aliphatic carbocycles. The first-order chi connectivity index (χ1) is 11.3. The maximum Gasteiger partial charge on any atom is 0.174 e. The van der Waals surface area contributed by atoms with Crippen LogP contribution >= 0.6 is 11.8 Å². The molecule has 0 radical (unpaired) electrons. The highest BCUT2D eigenvalue weighted by Gasteiger charge is 2.28. The van der Waals surface area contributed by atoms with E-state index in [1.54, 1.807) is 11.8 Å². The lowest BCUT2D eigenvalue weighted by Gasteiger charge is -2.14. The SMILES string of the molecule is Cc1cc(C)c(C)c(SCC(=O)c2cc(C)n(C3CC3)c2C)c1C. The summed E-state index contributed by atoms with van der Waals surface area (Å²) in [6.45, 7) is 12.8. The Morgan fingerprint density at radius 1 is 1.04 bits per heavy atom. The van der Waals surface area contributed by atoms with Gasteiger partial charge in [0.2, 0.25) is 0 Å². The maximum atomic E-state index is 12.8. The number of benzene rings is 1. The van der Waals surface area contributed by atoms with Crippen molar-refractivity contribution in [3.8, 4) is 0 Å². The Labute approximate surface area is 149 Å². The Balaban J connectivity index is 1.81. The van der Waals surface area contributed by atoms with Gasteiger partial charge in [0.05, 0.1) is 5.75 Å². The minimum absolute atomic E-state index is 0.248. The number of rotatable bonds is 5. The lowest BCUT2D eigenvalue weighted by molar-refractivity contribution is 0.102. The van der Waals surface area contributed by atoms with Crippen LogP contribution in [0.25, 0.3) is 0 Å². The third-order valence-electron chi connectivity index (χ3n) is 5.34. The summed E-state index contributed by atoms with van der Waals surface area (Å²) in [5.74, 6) is 0.762. The molecule has 3 heteroatoms. The summed E-state index contributed by atoms with van der Waals surface area (Å²) in [4.78, 5) is 14.1. The monoisotopic (exact) mass is 341 g/mol. The topological polar surface area (TPSA) is 22.0 Å². The molecule has 0 N–H and O–H groups in total. The molecule has 24 heavy (non-hydrogen) atoms.